The number of hydrogen-bond donors (Lipinski definition) is 0. The van der Waals surface area contributed by atoms with E-state index < -0.39 is 0 Å². The van der Waals surface area contributed by atoms with Crippen LogP contribution in [-0.4, -0.2) is 5.24 Å². The van der Waals surface area contributed by atoms with Gasteiger partial charge in [0.1, 0.15) is 0 Å². The van der Waals surface area contributed by atoms with Crippen molar-refractivity contribution >= 4 is 28.4 Å². The second-order valence-electron chi connectivity index (χ2n) is 2.58. The van der Waals surface area contributed by atoms with Gasteiger partial charge in [0.15, 0.2) is 0 Å². The molecule has 64 valence electrons. The summed E-state index contributed by atoms with van der Waals surface area (Å²) >= 11 is 11.0. The van der Waals surface area contributed by atoms with Crippen LogP contribution in [0.1, 0.15) is 18.4 Å². The highest BCUT2D eigenvalue weighted by molar-refractivity contribution is 6.64. The number of carbonyl (C=O) groups is 1. The summed E-state index contributed by atoms with van der Waals surface area (Å²) in [6, 6.07) is 7.08. The summed E-state index contributed by atoms with van der Waals surface area (Å²) in [7, 11) is 0. The van der Waals surface area contributed by atoms with Crippen LogP contribution in [0.25, 0.3) is 0 Å². The molecule has 0 saturated heterocycles. The molecule has 0 fully saturated rings. The van der Waals surface area contributed by atoms with Gasteiger partial charge in [-0.05, 0) is 29.3 Å². The van der Waals surface area contributed by atoms with Crippen molar-refractivity contribution < 1.29 is 4.79 Å². The highest BCUT2D eigenvalue weighted by Gasteiger charge is 2.11. The minimum absolute atomic E-state index is 0.260. The van der Waals surface area contributed by atoms with E-state index in [-0.39, 0.29) is 11.2 Å². The number of hydrogen-bond acceptors (Lipinski definition) is 1. The van der Waals surface area contributed by atoms with E-state index in [1.54, 1.807) is 31.2 Å². The number of rotatable bonds is 2. The summed E-state index contributed by atoms with van der Waals surface area (Å²) < 4.78 is 0. The minimum atomic E-state index is -0.350. The normalized spacial score (nSPS) is 12.6. The second-order valence-corrected chi connectivity index (χ2v) is 3.39. The van der Waals surface area contributed by atoms with Crippen LogP contribution < -0.4 is 0 Å². The van der Waals surface area contributed by atoms with Crippen molar-refractivity contribution in [3.8, 4) is 0 Å². The van der Waals surface area contributed by atoms with E-state index in [2.05, 4.69) is 0 Å². The highest BCUT2D eigenvalue weighted by Crippen LogP contribution is 2.19. The molecular weight excluding hydrogens is 195 g/mol. The van der Waals surface area contributed by atoms with E-state index in [0.29, 0.717) is 5.02 Å². The SMILES string of the molecule is CC(C(=O)Cl)c1ccc(Cl)cc1. The Morgan fingerprint density at radius 1 is 1.33 bits per heavy atom. The summed E-state index contributed by atoms with van der Waals surface area (Å²) in [5.74, 6) is -0.260. The molecule has 1 unspecified atom stereocenters. The molecule has 0 aromatic heterocycles. The summed E-state index contributed by atoms with van der Waals surface area (Å²) in [4.78, 5) is 10.8. The average molecular weight is 203 g/mol. The molecule has 3 heteroatoms. The lowest BCUT2D eigenvalue weighted by Crippen LogP contribution is -2.00. The van der Waals surface area contributed by atoms with Crippen LogP contribution in [0, 0.1) is 0 Å². The highest BCUT2D eigenvalue weighted by atomic mass is 35.5. The van der Waals surface area contributed by atoms with E-state index in [1.807, 2.05) is 0 Å². The van der Waals surface area contributed by atoms with Crippen LogP contribution in [0.4, 0.5) is 0 Å². The first kappa shape index (κ1) is 9.56. The second kappa shape index (κ2) is 3.92. The maximum Gasteiger partial charge on any atom is 0.228 e. The third kappa shape index (κ3) is 2.23. The molecule has 0 N–H and O–H groups in total. The summed E-state index contributed by atoms with van der Waals surface area (Å²) in [5.41, 5.74) is 0.888. The van der Waals surface area contributed by atoms with Gasteiger partial charge in [-0.25, -0.2) is 0 Å². The molecule has 0 amide bonds. The topological polar surface area (TPSA) is 17.1 Å². The molecule has 0 saturated carbocycles. The first-order valence-electron chi connectivity index (χ1n) is 3.56. The molecule has 1 nitrogen and oxygen atoms in total. The Bertz CT molecular complexity index is 279. The van der Waals surface area contributed by atoms with Crippen LogP contribution in [0.3, 0.4) is 0 Å². The Morgan fingerprint density at radius 3 is 2.25 bits per heavy atom. The lowest BCUT2D eigenvalue weighted by Gasteiger charge is -2.05. The smallest absolute Gasteiger partial charge is 0.228 e. The van der Waals surface area contributed by atoms with Crippen molar-refractivity contribution in [3.05, 3.63) is 34.9 Å². The third-order valence-corrected chi connectivity index (χ3v) is 2.29. The molecule has 1 rings (SSSR count). The van der Waals surface area contributed by atoms with Gasteiger partial charge in [-0.3, -0.25) is 4.79 Å². The van der Waals surface area contributed by atoms with Gasteiger partial charge in [0.05, 0.1) is 5.92 Å². The van der Waals surface area contributed by atoms with Crippen LogP contribution in [0.15, 0.2) is 24.3 Å². The van der Waals surface area contributed by atoms with Gasteiger partial charge in [0.2, 0.25) is 5.24 Å². The molecular formula is C9H8Cl2O. The Kier molecular flexibility index (Phi) is 3.12. The van der Waals surface area contributed by atoms with Gasteiger partial charge < -0.3 is 0 Å². The zero-order valence-corrected chi connectivity index (χ0v) is 8.06. The van der Waals surface area contributed by atoms with E-state index in [0.717, 1.165) is 5.56 Å². The van der Waals surface area contributed by atoms with Crippen molar-refractivity contribution in [2.24, 2.45) is 0 Å². The van der Waals surface area contributed by atoms with E-state index in [4.69, 9.17) is 23.2 Å². The lowest BCUT2D eigenvalue weighted by molar-refractivity contribution is -0.112. The van der Waals surface area contributed by atoms with Crippen molar-refractivity contribution in [1.29, 1.82) is 0 Å². The van der Waals surface area contributed by atoms with Gasteiger partial charge in [0, 0.05) is 5.02 Å². The Morgan fingerprint density at radius 2 is 1.83 bits per heavy atom. The maximum atomic E-state index is 10.8. The molecule has 0 spiro atoms. The molecule has 12 heavy (non-hydrogen) atoms. The zero-order chi connectivity index (χ0) is 9.14. The van der Waals surface area contributed by atoms with Crippen LogP contribution >= 0.6 is 23.2 Å². The minimum Gasteiger partial charge on any atom is -0.281 e. The van der Waals surface area contributed by atoms with Crippen LogP contribution in [-0.2, 0) is 4.79 Å². The van der Waals surface area contributed by atoms with Crippen molar-refractivity contribution in [2.75, 3.05) is 0 Å². The molecule has 1 aromatic carbocycles. The number of benzene rings is 1. The van der Waals surface area contributed by atoms with Gasteiger partial charge in [-0.1, -0.05) is 30.7 Å². The van der Waals surface area contributed by atoms with E-state index in [9.17, 15) is 4.79 Å². The maximum absolute atomic E-state index is 10.8. The fourth-order valence-corrected chi connectivity index (χ4v) is 1.13. The monoisotopic (exact) mass is 202 g/mol. The Labute approximate surface area is 81.3 Å². The third-order valence-electron chi connectivity index (χ3n) is 1.71. The first-order chi connectivity index (χ1) is 5.61. The van der Waals surface area contributed by atoms with Gasteiger partial charge in [-0.15, -0.1) is 0 Å². The van der Waals surface area contributed by atoms with Crippen molar-refractivity contribution in [2.45, 2.75) is 12.8 Å². The molecule has 0 heterocycles. The summed E-state index contributed by atoms with van der Waals surface area (Å²) in [6.45, 7) is 1.76. The zero-order valence-electron chi connectivity index (χ0n) is 6.55. The van der Waals surface area contributed by atoms with E-state index >= 15 is 0 Å². The largest absolute Gasteiger partial charge is 0.281 e. The first-order valence-corrected chi connectivity index (χ1v) is 4.31. The number of carbonyl (C=O) groups excluding carboxylic acids is 1. The summed E-state index contributed by atoms with van der Waals surface area (Å²) in [6.07, 6.45) is 0. The lowest BCUT2D eigenvalue weighted by atomic mass is 10.0. The van der Waals surface area contributed by atoms with E-state index in [1.165, 1.54) is 0 Å². The fraction of sp³-hybridized carbons (Fsp3) is 0.222. The molecule has 0 aliphatic carbocycles. The Hall–Kier alpha value is -0.530. The molecule has 1 aromatic rings. The van der Waals surface area contributed by atoms with Gasteiger partial charge in [-0.2, -0.15) is 0 Å². The quantitative estimate of drug-likeness (QED) is 0.674. The van der Waals surface area contributed by atoms with Crippen LogP contribution in [0.5, 0.6) is 0 Å². The molecule has 0 radical (unpaired) electrons. The number of halogens is 2. The Balaban J connectivity index is 2.89. The predicted octanol–water partition coefficient (Wildman–Crippen LogP) is 3.21. The van der Waals surface area contributed by atoms with Crippen molar-refractivity contribution in [3.63, 3.8) is 0 Å². The van der Waals surface area contributed by atoms with Gasteiger partial charge in [0.25, 0.3) is 0 Å². The fourth-order valence-electron chi connectivity index (χ4n) is 0.882. The van der Waals surface area contributed by atoms with Crippen molar-refractivity contribution in [1.82, 2.24) is 0 Å². The average Bonchev–Trinajstić information content (AvgIpc) is 2.04. The van der Waals surface area contributed by atoms with Crippen LogP contribution in [0.2, 0.25) is 5.02 Å². The molecule has 0 aliphatic rings. The molecule has 1 atom stereocenters. The van der Waals surface area contributed by atoms with Gasteiger partial charge >= 0.3 is 0 Å². The molecule has 0 aliphatic heterocycles. The summed E-state index contributed by atoms with van der Waals surface area (Å²) in [5, 5.41) is 0.310. The standard InChI is InChI=1S/C9H8Cl2O/c1-6(9(11)12)7-2-4-8(10)5-3-7/h2-6H,1H3. The predicted molar refractivity (Wildman–Crippen MR) is 50.7 cm³/mol. The molecule has 0 bridgehead atoms.